The van der Waals surface area contributed by atoms with Crippen molar-refractivity contribution in [3.8, 4) is 0 Å². The molecule has 0 aromatic rings. The van der Waals surface area contributed by atoms with Gasteiger partial charge >= 0.3 is 0 Å². The Balaban J connectivity index is 4.29. The van der Waals surface area contributed by atoms with Crippen molar-refractivity contribution < 1.29 is 9.59 Å². The Labute approximate surface area is 91.8 Å². The number of carbonyl (C=O) groups is 2. The lowest BCUT2D eigenvalue weighted by Crippen LogP contribution is -2.48. The van der Waals surface area contributed by atoms with E-state index in [1.165, 1.54) is 0 Å². The lowest BCUT2D eigenvalue weighted by Gasteiger charge is -2.21. The van der Waals surface area contributed by atoms with Crippen LogP contribution in [0.15, 0.2) is 0 Å². The maximum atomic E-state index is 11.5. The predicted molar refractivity (Wildman–Crippen MR) is 60.3 cm³/mol. The topological polar surface area (TPSA) is 58.2 Å². The van der Waals surface area contributed by atoms with Gasteiger partial charge in [-0.15, -0.1) is 0 Å². The van der Waals surface area contributed by atoms with E-state index in [-0.39, 0.29) is 17.7 Å². The van der Waals surface area contributed by atoms with Crippen LogP contribution in [0, 0.1) is 11.8 Å². The van der Waals surface area contributed by atoms with Gasteiger partial charge in [0.15, 0.2) is 0 Å². The molecule has 0 aromatic heterocycles. The molecule has 0 aliphatic rings. The number of carbonyl (C=O) groups excluding carboxylic acids is 2. The monoisotopic (exact) mass is 214 g/mol. The average Bonchev–Trinajstić information content (AvgIpc) is 2.11. The minimum absolute atomic E-state index is 0.0627. The summed E-state index contributed by atoms with van der Waals surface area (Å²) in [6.07, 6.45) is 0.459. The molecule has 0 bridgehead atoms. The molecular formula is C11H22N2O2. The van der Waals surface area contributed by atoms with E-state index in [0.717, 1.165) is 0 Å². The summed E-state index contributed by atoms with van der Waals surface area (Å²) in [6.45, 7) is 7.78. The molecule has 15 heavy (non-hydrogen) atoms. The van der Waals surface area contributed by atoms with Gasteiger partial charge in [0.25, 0.3) is 0 Å². The van der Waals surface area contributed by atoms with E-state index in [1.807, 2.05) is 27.7 Å². The van der Waals surface area contributed by atoms with Gasteiger partial charge in [-0.25, -0.2) is 0 Å². The van der Waals surface area contributed by atoms with Crippen LogP contribution in [-0.2, 0) is 9.59 Å². The lowest BCUT2D eigenvalue weighted by molar-refractivity contribution is -0.130. The molecule has 0 spiro atoms. The van der Waals surface area contributed by atoms with Gasteiger partial charge in [-0.1, -0.05) is 27.7 Å². The Morgan fingerprint density at radius 1 is 1.13 bits per heavy atom. The highest BCUT2D eigenvalue weighted by Gasteiger charge is 2.22. The molecule has 0 radical (unpaired) electrons. The number of amides is 2. The second kappa shape index (κ2) is 6.43. The molecule has 0 aliphatic carbocycles. The molecule has 88 valence electrons. The fourth-order valence-electron chi connectivity index (χ4n) is 1.29. The molecule has 0 unspecified atom stereocenters. The van der Waals surface area contributed by atoms with Crippen molar-refractivity contribution in [2.45, 2.75) is 40.2 Å². The first-order chi connectivity index (χ1) is 6.88. The molecule has 0 aliphatic heterocycles. The summed E-state index contributed by atoms with van der Waals surface area (Å²) in [5.74, 6) is 0.206. The predicted octanol–water partition coefficient (Wildman–Crippen LogP) is 0.919. The zero-order valence-electron chi connectivity index (χ0n) is 10.3. The SMILES string of the molecule is CNC(=O)[C@@H](NC(=O)CC(C)C)C(C)C. The minimum Gasteiger partial charge on any atom is -0.357 e. The van der Waals surface area contributed by atoms with Gasteiger partial charge in [0.2, 0.25) is 11.8 Å². The number of nitrogens with one attached hydrogen (secondary N) is 2. The molecule has 0 aromatic carbocycles. The van der Waals surface area contributed by atoms with E-state index in [9.17, 15) is 9.59 Å². The first kappa shape index (κ1) is 13.9. The van der Waals surface area contributed by atoms with E-state index in [0.29, 0.717) is 12.3 Å². The van der Waals surface area contributed by atoms with Crippen LogP contribution in [0.4, 0.5) is 0 Å². The third kappa shape index (κ3) is 5.40. The summed E-state index contributed by atoms with van der Waals surface area (Å²) in [4.78, 5) is 22.9. The van der Waals surface area contributed by atoms with E-state index in [1.54, 1.807) is 7.05 Å². The highest BCUT2D eigenvalue weighted by molar-refractivity contribution is 5.87. The first-order valence-corrected chi connectivity index (χ1v) is 5.39. The zero-order chi connectivity index (χ0) is 12.0. The summed E-state index contributed by atoms with van der Waals surface area (Å²) in [7, 11) is 1.58. The van der Waals surface area contributed by atoms with Crippen molar-refractivity contribution in [1.82, 2.24) is 10.6 Å². The Kier molecular flexibility index (Phi) is 5.97. The number of rotatable bonds is 5. The standard InChI is InChI=1S/C11H22N2O2/c1-7(2)6-9(14)13-10(8(3)4)11(15)12-5/h7-8,10H,6H2,1-5H3,(H,12,15)(H,13,14)/t10-/m0/s1. The third-order valence-corrected chi connectivity index (χ3v) is 2.11. The summed E-state index contributed by atoms with van der Waals surface area (Å²) in [5, 5.41) is 5.30. The first-order valence-electron chi connectivity index (χ1n) is 5.39. The fourth-order valence-corrected chi connectivity index (χ4v) is 1.29. The van der Waals surface area contributed by atoms with E-state index in [4.69, 9.17) is 0 Å². The molecule has 0 heterocycles. The Bertz CT molecular complexity index is 225. The van der Waals surface area contributed by atoms with Crippen molar-refractivity contribution in [2.24, 2.45) is 11.8 Å². The largest absolute Gasteiger partial charge is 0.357 e. The summed E-state index contributed by atoms with van der Waals surface area (Å²) >= 11 is 0. The normalized spacial score (nSPS) is 12.7. The lowest BCUT2D eigenvalue weighted by atomic mass is 10.0. The van der Waals surface area contributed by atoms with Crippen LogP contribution >= 0.6 is 0 Å². The molecule has 4 heteroatoms. The van der Waals surface area contributed by atoms with Crippen LogP contribution in [-0.4, -0.2) is 24.9 Å². The zero-order valence-corrected chi connectivity index (χ0v) is 10.3. The number of likely N-dealkylation sites (N-methyl/N-ethyl adjacent to an activating group) is 1. The fraction of sp³-hybridized carbons (Fsp3) is 0.818. The molecule has 0 saturated carbocycles. The number of hydrogen-bond donors (Lipinski definition) is 2. The Hall–Kier alpha value is -1.06. The van der Waals surface area contributed by atoms with Gasteiger partial charge in [-0.05, 0) is 11.8 Å². The van der Waals surface area contributed by atoms with Gasteiger partial charge in [-0.3, -0.25) is 9.59 Å². The smallest absolute Gasteiger partial charge is 0.242 e. The maximum Gasteiger partial charge on any atom is 0.242 e. The summed E-state index contributed by atoms with van der Waals surface area (Å²) in [5.41, 5.74) is 0. The van der Waals surface area contributed by atoms with Crippen molar-refractivity contribution in [3.63, 3.8) is 0 Å². The van der Waals surface area contributed by atoms with Crippen LogP contribution in [0.5, 0.6) is 0 Å². The van der Waals surface area contributed by atoms with Crippen molar-refractivity contribution >= 4 is 11.8 Å². The van der Waals surface area contributed by atoms with Crippen molar-refractivity contribution in [2.75, 3.05) is 7.05 Å². The Morgan fingerprint density at radius 2 is 1.67 bits per heavy atom. The molecule has 2 amide bonds. The molecule has 0 rings (SSSR count). The quantitative estimate of drug-likeness (QED) is 0.715. The number of hydrogen-bond acceptors (Lipinski definition) is 2. The molecule has 1 atom stereocenters. The minimum atomic E-state index is -0.429. The van der Waals surface area contributed by atoms with E-state index >= 15 is 0 Å². The van der Waals surface area contributed by atoms with Crippen LogP contribution in [0.25, 0.3) is 0 Å². The van der Waals surface area contributed by atoms with Crippen molar-refractivity contribution in [3.05, 3.63) is 0 Å². The summed E-state index contributed by atoms with van der Waals surface area (Å²) in [6, 6.07) is -0.429. The van der Waals surface area contributed by atoms with Gasteiger partial charge < -0.3 is 10.6 Å². The second-order valence-corrected chi connectivity index (χ2v) is 4.50. The highest BCUT2D eigenvalue weighted by atomic mass is 16.2. The van der Waals surface area contributed by atoms with Crippen LogP contribution < -0.4 is 10.6 Å². The van der Waals surface area contributed by atoms with E-state index < -0.39 is 6.04 Å². The van der Waals surface area contributed by atoms with Crippen LogP contribution in [0.2, 0.25) is 0 Å². The average molecular weight is 214 g/mol. The van der Waals surface area contributed by atoms with Gasteiger partial charge in [0.1, 0.15) is 6.04 Å². The second-order valence-electron chi connectivity index (χ2n) is 4.50. The Morgan fingerprint density at radius 3 is 2.00 bits per heavy atom. The van der Waals surface area contributed by atoms with Crippen LogP contribution in [0.3, 0.4) is 0 Å². The van der Waals surface area contributed by atoms with Gasteiger partial charge in [-0.2, -0.15) is 0 Å². The molecule has 2 N–H and O–H groups in total. The maximum absolute atomic E-state index is 11.5. The molecule has 0 saturated heterocycles. The van der Waals surface area contributed by atoms with E-state index in [2.05, 4.69) is 10.6 Å². The highest BCUT2D eigenvalue weighted by Crippen LogP contribution is 2.04. The van der Waals surface area contributed by atoms with Gasteiger partial charge in [0, 0.05) is 13.5 Å². The van der Waals surface area contributed by atoms with Crippen molar-refractivity contribution in [1.29, 1.82) is 0 Å². The van der Waals surface area contributed by atoms with Crippen LogP contribution in [0.1, 0.15) is 34.1 Å². The third-order valence-electron chi connectivity index (χ3n) is 2.11. The summed E-state index contributed by atoms with van der Waals surface area (Å²) < 4.78 is 0. The van der Waals surface area contributed by atoms with Gasteiger partial charge in [0.05, 0.1) is 0 Å². The molecule has 0 fully saturated rings. The molecular weight excluding hydrogens is 192 g/mol. The molecule has 4 nitrogen and oxygen atoms in total.